The number of aromatic nitrogens is 1. The van der Waals surface area contributed by atoms with Gasteiger partial charge in [0.25, 0.3) is 0 Å². The van der Waals surface area contributed by atoms with Gasteiger partial charge in [-0.3, -0.25) is 4.79 Å². The minimum Gasteiger partial charge on any atom is -0.497 e. The van der Waals surface area contributed by atoms with Crippen LogP contribution >= 0.6 is 0 Å². The van der Waals surface area contributed by atoms with Crippen molar-refractivity contribution in [2.45, 2.75) is 0 Å². The summed E-state index contributed by atoms with van der Waals surface area (Å²) in [5, 5.41) is 2.81. The monoisotopic (exact) mass is 350 g/mol. The standard InChI is InChI=1S/C20H18N2O4/c1-24-17-9-5-14(18(11-17)25-2)6-10-20(23)22-16-7-3-15(4-8-16)19-12-21-13-26-19/h3-13H,1-2H3,(H,22,23). The van der Waals surface area contributed by atoms with Crippen molar-refractivity contribution in [1.29, 1.82) is 0 Å². The summed E-state index contributed by atoms with van der Waals surface area (Å²) in [6.07, 6.45) is 6.16. The van der Waals surface area contributed by atoms with E-state index in [2.05, 4.69) is 10.3 Å². The first-order chi connectivity index (χ1) is 12.7. The van der Waals surface area contributed by atoms with Crippen molar-refractivity contribution in [3.05, 3.63) is 66.7 Å². The Hall–Kier alpha value is -3.54. The van der Waals surface area contributed by atoms with Crippen molar-refractivity contribution >= 4 is 17.7 Å². The van der Waals surface area contributed by atoms with Gasteiger partial charge in [-0.05, 0) is 42.5 Å². The second-order valence-corrected chi connectivity index (χ2v) is 5.37. The van der Waals surface area contributed by atoms with Crippen LogP contribution in [0.3, 0.4) is 0 Å². The van der Waals surface area contributed by atoms with Gasteiger partial charge in [0.2, 0.25) is 5.91 Å². The molecule has 1 amide bonds. The highest BCUT2D eigenvalue weighted by molar-refractivity contribution is 6.02. The molecule has 26 heavy (non-hydrogen) atoms. The Morgan fingerprint density at radius 1 is 1.12 bits per heavy atom. The Morgan fingerprint density at radius 3 is 2.58 bits per heavy atom. The maximum absolute atomic E-state index is 12.1. The Morgan fingerprint density at radius 2 is 1.92 bits per heavy atom. The second kappa shape index (κ2) is 8.02. The van der Waals surface area contributed by atoms with Gasteiger partial charge in [-0.15, -0.1) is 0 Å². The molecule has 2 aromatic carbocycles. The predicted octanol–water partition coefficient (Wildman–Crippen LogP) is 4.01. The number of anilines is 1. The molecule has 0 bridgehead atoms. The van der Waals surface area contributed by atoms with Gasteiger partial charge in [-0.1, -0.05) is 0 Å². The summed E-state index contributed by atoms with van der Waals surface area (Å²) < 4.78 is 15.7. The van der Waals surface area contributed by atoms with Crippen LogP contribution in [0.15, 0.2) is 65.5 Å². The number of rotatable bonds is 6. The number of carbonyl (C=O) groups is 1. The van der Waals surface area contributed by atoms with Crippen LogP contribution in [-0.4, -0.2) is 25.1 Å². The summed E-state index contributed by atoms with van der Waals surface area (Å²) in [5.41, 5.74) is 2.35. The van der Waals surface area contributed by atoms with Crippen LogP contribution in [0.1, 0.15) is 5.56 Å². The number of carbonyl (C=O) groups excluding carboxylic acids is 1. The minimum atomic E-state index is -0.240. The average Bonchev–Trinajstić information content (AvgIpc) is 3.21. The number of benzene rings is 2. The molecule has 0 atom stereocenters. The quantitative estimate of drug-likeness (QED) is 0.680. The summed E-state index contributed by atoms with van der Waals surface area (Å²) in [5.74, 6) is 1.75. The lowest BCUT2D eigenvalue weighted by Crippen LogP contribution is -2.07. The van der Waals surface area contributed by atoms with Gasteiger partial charge in [-0.25, -0.2) is 4.98 Å². The van der Waals surface area contributed by atoms with E-state index in [1.165, 1.54) is 12.5 Å². The second-order valence-electron chi connectivity index (χ2n) is 5.37. The van der Waals surface area contributed by atoms with E-state index in [1.54, 1.807) is 44.7 Å². The van der Waals surface area contributed by atoms with E-state index in [1.807, 2.05) is 24.3 Å². The number of hydrogen-bond acceptors (Lipinski definition) is 5. The van der Waals surface area contributed by atoms with E-state index in [0.717, 1.165) is 11.1 Å². The van der Waals surface area contributed by atoms with Gasteiger partial charge in [0, 0.05) is 29.0 Å². The molecule has 0 aliphatic heterocycles. The van der Waals surface area contributed by atoms with Gasteiger partial charge < -0.3 is 19.2 Å². The van der Waals surface area contributed by atoms with Crippen LogP contribution < -0.4 is 14.8 Å². The highest BCUT2D eigenvalue weighted by Gasteiger charge is 2.05. The van der Waals surface area contributed by atoms with Crippen LogP contribution in [-0.2, 0) is 4.79 Å². The Bertz CT molecular complexity index is 900. The first-order valence-corrected chi connectivity index (χ1v) is 7.89. The summed E-state index contributed by atoms with van der Waals surface area (Å²) in [4.78, 5) is 16.0. The SMILES string of the molecule is COc1ccc(C=CC(=O)Nc2ccc(-c3cnco3)cc2)c(OC)c1. The highest BCUT2D eigenvalue weighted by Crippen LogP contribution is 2.25. The van der Waals surface area contributed by atoms with E-state index < -0.39 is 0 Å². The van der Waals surface area contributed by atoms with Crippen molar-refractivity contribution < 1.29 is 18.7 Å². The zero-order valence-electron chi connectivity index (χ0n) is 14.4. The van der Waals surface area contributed by atoms with Crippen molar-refractivity contribution in [2.75, 3.05) is 19.5 Å². The maximum Gasteiger partial charge on any atom is 0.248 e. The normalized spacial score (nSPS) is 10.7. The number of amides is 1. The largest absolute Gasteiger partial charge is 0.497 e. The van der Waals surface area contributed by atoms with E-state index in [-0.39, 0.29) is 5.91 Å². The van der Waals surface area contributed by atoms with Gasteiger partial charge >= 0.3 is 0 Å². The minimum absolute atomic E-state index is 0.240. The summed E-state index contributed by atoms with van der Waals surface area (Å²) >= 11 is 0. The molecule has 0 aliphatic carbocycles. The molecule has 3 rings (SSSR count). The van der Waals surface area contributed by atoms with Gasteiger partial charge in [0.05, 0.1) is 20.4 Å². The molecule has 6 heteroatoms. The third-order valence-corrected chi connectivity index (χ3v) is 3.72. The van der Waals surface area contributed by atoms with Crippen LogP contribution in [0, 0.1) is 0 Å². The zero-order valence-corrected chi connectivity index (χ0v) is 14.4. The summed E-state index contributed by atoms with van der Waals surface area (Å²) in [7, 11) is 3.16. The predicted molar refractivity (Wildman–Crippen MR) is 99.1 cm³/mol. The molecule has 6 nitrogen and oxygen atoms in total. The fourth-order valence-electron chi connectivity index (χ4n) is 2.38. The van der Waals surface area contributed by atoms with Crippen molar-refractivity contribution in [3.63, 3.8) is 0 Å². The highest BCUT2D eigenvalue weighted by atomic mass is 16.5. The van der Waals surface area contributed by atoms with Crippen LogP contribution in [0.5, 0.6) is 11.5 Å². The van der Waals surface area contributed by atoms with Gasteiger partial charge in [-0.2, -0.15) is 0 Å². The topological polar surface area (TPSA) is 73.6 Å². The molecule has 0 unspecified atom stereocenters. The van der Waals surface area contributed by atoms with Crippen molar-refractivity contribution in [1.82, 2.24) is 4.98 Å². The number of ether oxygens (including phenoxy) is 2. The number of hydrogen-bond donors (Lipinski definition) is 1. The molecule has 3 aromatic rings. The molecular formula is C20H18N2O4. The fraction of sp³-hybridized carbons (Fsp3) is 0.100. The Labute approximate surface area is 151 Å². The van der Waals surface area contributed by atoms with Gasteiger partial charge in [0.1, 0.15) is 11.5 Å². The third kappa shape index (κ3) is 4.10. The van der Waals surface area contributed by atoms with Crippen molar-refractivity contribution in [3.8, 4) is 22.8 Å². The molecule has 0 saturated heterocycles. The van der Waals surface area contributed by atoms with E-state index in [0.29, 0.717) is 22.9 Å². The maximum atomic E-state index is 12.1. The molecule has 1 heterocycles. The molecule has 1 N–H and O–H groups in total. The first kappa shape index (κ1) is 17.3. The lowest BCUT2D eigenvalue weighted by Gasteiger charge is -2.07. The molecule has 1 aromatic heterocycles. The molecular weight excluding hydrogens is 332 g/mol. The van der Waals surface area contributed by atoms with Gasteiger partial charge in [0.15, 0.2) is 12.2 Å². The number of nitrogens with one attached hydrogen (secondary N) is 1. The number of nitrogens with zero attached hydrogens (tertiary/aromatic N) is 1. The molecule has 0 spiro atoms. The van der Waals surface area contributed by atoms with Crippen LogP contribution in [0.2, 0.25) is 0 Å². The van der Waals surface area contributed by atoms with E-state index in [9.17, 15) is 4.79 Å². The average molecular weight is 350 g/mol. The van der Waals surface area contributed by atoms with E-state index >= 15 is 0 Å². The Balaban J connectivity index is 1.66. The number of methoxy groups -OCH3 is 2. The molecule has 0 radical (unpaired) electrons. The molecule has 132 valence electrons. The molecule has 0 aliphatic rings. The lowest BCUT2D eigenvalue weighted by atomic mass is 10.1. The fourth-order valence-corrected chi connectivity index (χ4v) is 2.38. The van der Waals surface area contributed by atoms with E-state index in [4.69, 9.17) is 13.9 Å². The van der Waals surface area contributed by atoms with Crippen molar-refractivity contribution in [2.24, 2.45) is 0 Å². The first-order valence-electron chi connectivity index (χ1n) is 7.89. The molecule has 0 saturated carbocycles. The zero-order chi connectivity index (χ0) is 18.4. The summed E-state index contributed by atoms with van der Waals surface area (Å²) in [6, 6.07) is 12.7. The van der Waals surface area contributed by atoms with Crippen LogP contribution in [0.25, 0.3) is 17.4 Å². The number of oxazole rings is 1. The van der Waals surface area contributed by atoms with Crippen LogP contribution in [0.4, 0.5) is 5.69 Å². The molecule has 0 fully saturated rings. The summed E-state index contributed by atoms with van der Waals surface area (Å²) in [6.45, 7) is 0. The third-order valence-electron chi connectivity index (χ3n) is 3.72. The Kier molecular flexibility index (Phi) is 5.34. The smallest absolute Gasteiger partial charge is 0.248 e. The lowest BCUT2D eigenvalue weighted by molar-refractivity contribution is -0.111.